The van der Waals surface area contributed by atoms with Crippen molar-refractivity contribution in [1.29, 1.82) is 0 Å². The highest BCUT2D eigenvalue weighted by atomic mass is 79.9. The van der Waals surface area contributed by atoms with Gasteiger partial charge in [0.05, 0.1) is 3.79 Å². The number of nitrogens with two attached hydrogens (primary N) is 1. The summed E-state index contributed by atoms with van der Waals surface area (Å²) < 4.78 is 15.1. The van der Waals surface area contributed by atoms with E-state index >= 15 is 4.39 Å². The van der Waals surface area contributed by atoms with Crippen molar-refractivity contribution < 1.29 is 23.9 Å². The number of carboxylic acids is 1. The largest absolute Gasteiger partial charge is 0.480 e. The third-order valence-electron chi connectivity index (χ3n) is 4.21. The molecule has 0 radical (unpaired) electrons. The molecule has 25 heavy (non-hydrogen) atoms. The Hall–Kier alpha value is -1.17. The minimum atomic E-state index is -2.66. The number of hydrogen-bond acceptors (Lipinski definition) is 6. The summed E-state index contributed by atoms with van der Waals surface area (Å²) in [5, 5.41) is 10.3. The molecule has 11 heteroatoms. The highest BCUT2D eigenvalue weighted by Crippen LogP contribution is 2.55. The number of carbonyl (C=O) groups excluding carboxylic acids is 2. The Morgan fingerprint density at radius 2 is 2.12 bits per heavy atom. The number of β-lactam (4-membered cyclic amide) rings is 1. The zero-order valence-corrected chi connectivity index (χ0v) is 16.4. The van der Waals surface area contributed by atoms with Gasteiger partial charge in [0.2, 0.25) is 5.91 Å². The van der Waals surface area contributed by atoms with Gasteiger partial charge in [0, 0.05) is 9.62 Å². The molecule has 2 fully saturated rings. The Balaban J connectivity index is 1.79. The first-order chi connectivity index (χ1) is 11.5. The van der Waals surface area contributed by atoms with Gasteiger partial charge in [-0.15, -0.1) is 23.1 Å². The van der Waals surface area contributed by atoms with E-state index < -0.39 is 45.8 Å². The molecule has 1 aromatic rings. The zero-order valence-electron chi connectivity index (χ0n) is 13.2. The maximum atomic E-state index is 15.2. The van der Waals surface area contributed by atoms with Gasteiger partial charge in [-0.3, -0.25) is 9.59 Å². The molecule has 2 aliphatic rings. The predicted octanol–water partition coefficient (Wildman–Crippen LogP) is 1.44. The molecular formula is C14H15BrFN3O4S2. The van der Waals surface area contributed by atoms with E-state index in [9.17, 15) is 19.5 Å². The number of nitrogens with zero attached hydrogens (tertiary/aromatic N) is 1. The molecule has 3 rings (SSSR count). The molecule has 0 bridgehead atoms. The molecule has 2 amide bonds. The standard InChI is InChI=1S/C14H15BrFN3O4S2/c1-13(2)8(10(21)22)19-11(23)14(16,12(19)25-13)18-9(20)7(17)5-3-4-6(15)24-5/h3-4,7-8,12H,17H2,1-2H3,(H,18,20)(H,21,22)/t7?,8-,12+,14?/m0/s1. The van der Waals surface area contributed by atoms with Gasteiger partial charge in [-0.05, 0) is 41.9 Å². The summed E-state index contributed by atoms with van der Waals surface area (Å²) in [7, 11) is 0. The highest BCUT2D eigenvalue weighted by molar-refractivity contribution is 9.11. The van der Waals surface area contributed by atoms with Crippen LogP contribution in [0.2, 0.25) is 0 Å². The molecule has 2 aliphatic heterocycles. The van der Waals surface area contributed by atoms with Crippen LogP contribution in [-0.2, 0) is 14.4 Å². The van der Waals surface area contributed by atoms with Crippen LogP contribution in [0.1, 0.15) is 24.8 Å². The number of carbonyl (C=O) groups is 3. The molecule has 7 nitrogen and oxygen atoms in total. The fraction of sp³-hybridized carbons (Fsp3) is 0.500. The van der Waals surface area contributed by atoms with E-state index in [-0.39, 0.29) is 0 Å². The number of alkyl halides is 1. The topological polar surface area (TPSA) is 113 Å². The van der Waals surface area contributed by atoms with Crippen molar-refractivity contribution in [3.63, 3.8) is 0 Å². The number of rotatable bonds is 4. The molecule has 4 N–H and O–H groups in total. The lowest BCUT2D eigenvalue weighted by atomic mass is 9.94. The molecule has 2 unspecified atom stereocenters. The summed E-state index contributed by atoms with van der Waals surface area (Å²) in [6.07, 6.45) is 0. The number of fused-ring (bicyclic) bond motifs is 1. The smallest absolute Gasteiger partial charge is 0.327 e. The van der Waals surface area contributed by atoms with Crippen LogP contribution in [0.5, 0.6) is 0 Å². The number of halogens is 2. The van der Waals surface area contributed by atoms with Crippen LogP contribution in [0.4, 0.5) is 4.39 Å². The molecule has 1 aromatic heterocycles. The first kappa shape index (κ1) is 18.6. The normalized spacial score (nSPS) is 31.2. The van der Waals surface area contributed by atoms with E-state index in [4.69, 9.17) is 5.73 Å². The molecule has 4 atom stereocenters. The van der Waals surface area contributed by atoms with Gasteiger partial charge in [-0.25, -0.2) is 9.18 Å². The second-order valence-electron chi connectivity index (χ2n) is 6.35. The number of amides is 2. The molecule has 2 saturated heterocycles. The van der Waals surface area contributed by atoms with Gasteiger partial charge >= 0.3 is 5.97 Å². The highest BCUT2D eigenvalue weighted by Gasteiger charge is 2.73. The zero-order chi connectivity index (χ0) is 18.7. The maximum Gasteiger partial charge on any atom is 0.327 e. The van der Waals surface area contributed by atoms with E-state index in [2.05, 4.69) is 21.2 Å². The minimum absolute atomic E-state index is 0.513. The van der Waals surface area contributed by atoms with Gasteiger partial charge < -0.3 is 21.1 Å². The Kier molecular flexibility index (Phi) is 4.42. The number of thioether (sulfide) groups is 1. The molecule has 3 heterocycles. The Bertz CT molecular complexity index is 773. The lowest BCUT2D eigenvalue weighted by Crippen LogP contribution is -2.77. The van der Waals surface area contributed by atoms with E-state index in [0.29, 0.717) is 4.88 Å². The van der Waals surface area contributed by atoms with Crippen molar-refractivity contribution in [3.05, 3.63) is 20.8 Å². The van der Waals surface area contributed by atoms with Crippen LogP contribution in [-0.4, -0.2) is 49.7 Å². The third kappa shape index (κ3) is 2.77. The SMILES string of the molecule is CC1(C)S[C@H]2N(C(=O)C2(F)NC(=O)C(N)c2ccc(Br)s2)[C@H]1C(=O)O. The number of carboxylic acid groups (broad SMARTS) is 1. The number of nitrogens with one attached hydrogen (secondary N) is 1. The molecular weight excluding hydrogens is 437 g/mol. The summed E-state index contributed by atoms with van der Waals surface area (Å²) in [5.41, 5.74) is 5.83. The van der Waals surface area contributed by atoms with Crippen LogP contribution in [0.25, 0.3) is 0 Å². The van der Waals surface area contributed by atoms with E-state index in [1.54, 1.807) is 26.0 Å². The monoisotopic (exact) mass is 451 g/mol. The van der Waals surface area contributed by atoms with E-state index in [1.165, 1.54) is 11.3 Å². The first-order valence-corrected chi connectivity index (χ1v) is 9.73. The summed E-state index contributed by atoms with van der Waals surface area (Å²) >= 11 is 5.49. The average Bonchev–Trinajstić information content (AvgIpc) is 3.05. The Labute approximate surface area is 159 Å². The summed E-state index contributed by atoms with van der Waals surface area (Å²) in [5.74, 6) is -5.75. The van der Waals surface area contributed by atoms with Crippen LogP contribution in [0.15, 0.2) is 15.9 Å². The van der Waals surface area contributed by atoms with Crippen molar-refractivity contribution >= 4 is 56.8 Å². The molecule has 0 aliphatic carbocycles. The molecule has 0 spiro atoms. The van der Waals surface area contributed by atoms with Crippen LogP contribution < -0.4 is 11.1 Å². The van der Waals surface area contributed by atoms with Gasteiger partial charge in [-0.2, -0.15) is 0 Å². The fourth-order valence-corrected chi connectivity index (χ4v) is 6.01. The predicted molar refractivity (Wildman–Crippen MR) is 94.7 cm³/mol. The van der Waals surface area contributed by atoms with Gasteiger partial charge in [0.25, 0.3) is 11.7 Å². The van der Waals surface area contributed by atoms with Crippen molar-refractivity contribution in [2.24, 2.45) is 5.73 Å². The summed E-state index contributed by atoms with van der Waals surface area (Å²) in [6, 6.07) is 1.06. The van der Waals surface area contributed by atoms with Gasteiger partial charge in [0.1, 0.15) is 17.5 Å². The van der Waals surface area contributed by atoms with Crippen molar-refractivity contribution in [1.82, 2.24) is 10.2 Å². The van der Waals surface area contributed by atoms with Crippen molar-refractivity contribution in [2.75, 3.05) is 0 Å². The fourth-order valence-electron chi connectivity index (χ4n) is 3.02. The van der Waals surface area contributed by atoms with Crippen LogP contribution >= 0.6 is 39.0 Å². The van der Waals surface area contributed by atoms with Gasteiger partial charge in [0.15, 0.2) is 0 Å². The second kappa shape index (κ2) is 5.93. The lowest BCUT2D eigenvalue weighted by Gasteiger charge is -2.47. The van der Waals surface area contributed by atoms with Crippen molar-refractivity contribution in [3.8, 4) is 0 Å². The quantitative estimate of drug-likeness (QED) is 0.471. The summed E-state index contributed by atoms with van der Waals surface area (Å²) in [4.78, 5) is 37.5. The number of aliphatic carboxylic acids is 1. The average molecular weight is 452 g/mol. The Morgan fingerprint density at radius 3 is 2.64 bits per heavy atom. The molecule has 0 saturated carbocycles. The van der Waals surface area contributed by atoms with Crippen LogP contribution in [0.3, 0.4) is 0 Å². The van der Waals surface area contributed by atoms with Crippen molar-refractivity contribution in [2.45, 2.75) is 41.8 Å². The minimum Gasteiger partial charge on any atom is -0.480 e. The number of thiophene rings is 1. The second-order valence-corrected chi connectivity index (χ2v) is 10.6. The third-order valence-corrected chi connectivity index (χ3v) is 7.53. The molecule has 0 aromatic carbocycles. The van der Waals surface area contributed by atoms with Gasteiger partial charge in [-0.1, -0.05) is 0 Å². The number of hydrogen-bond donors (Lipinski definition) is 3. The lowest BCUT2D eigenvalue weighted by molar-refractivity contribution is -0.182. The first-order valence-electron chi connectivity index (χ1n) is 7.24. The summed E-state index contributed by atoms with van der Waals surface area (Å²) in [6.45, 7) is 3.25. The van der Waals surface area contributed by atoms with Crippen LogP contribution in [0, 0.1) is 0 Å². The van der Waals surface area contributed by atoms with E-state index in [1.807, 2.05) is 0 Å². The Morgan fingerprint density at radius 1 is 1.48 bits per heavy atom. The van der Waals surface area contributed by atoms with E-state index in [0.717, 1.165) is 20.4 Å². The molecule has 136 valence electrons. The maximum absolute atomic E-state index is 15.2.